The molecule has 0 aliphatic carbocycles. The maximum absolute atomic E-state index is 9.01. The molecule has 0 unspecified atom stereocenters. The van der Waals surface area contributed by atoms with Crippen molar-refractivity contribution in [2.75, 3.05) is 0 Å². The van der Waals surface area contributed by atoms with Gasteiger partial charge in [-0.2, -0.15) is 0 Å². The van der Waals surface area contributed by atoms with E-state index in [1.807, 2.05) is 6.07 Å². The van der Waals surface area contributed by atoms with E-state index in [0.29, 0.717) is 5.02 Å². The number of aliphatic hydroxyl groups is 1. The van der Waals surface area contributed by atoms with Gasteiger partial charge in [0, 0.05) is 23.3 Å². The highest BCUT2D eigenvalue weighted by atomic mass is 35.5. The number of hydrogen-bond donors (Lipinski definition) is 2. The highest BCUT2D eigenvalue weighted by Crippen LogP contribution is 2.22. The third-order valence-electron chi connectivity index (χ3n) is 1.80. The van der Waals surface area contributed by atoms with Gasteiger partial charge in [-0.15, -0.1) is 0 Å². The molecular weight excluding hydrogens is 176 g/mol. The predicted octanol–water partition coefficient (Wildman–Crippen LogP) is 1.71. The highest BCUT2D eigenvalue weighted by molar-refractivity contribution is 6.32. The smallest absolute Gasteiger partial charge is 0.137 e. The standard InChI is InChI=1S/C8H7ClN2O/c9-7-3-11-8-5(1-2-10-8)6(7)4-12/h1-3,12H,4H2,(H,10,11). The lowest BCUT2D eigenvalue weighted by Gasteiger charge is -2.00. The van der Waals surface area contributed by atoms with Gasteiger partial charge in [-0.1, -0.05) is 11.6 Å². The lowest BCUT2D eigenvalue weighted by Crippen LogP contribution is -1.88. The third-order valence-corrected chi connectivity index (χ3v) is 2.13. The Labute approximate surface area is 74.0 Å². The summed E-state index contributed by atoms with van der Waals surface area (Å²) in [5.74, 6) is 0. The largest absolute Gasteiger partial charge is 0.392 e. The summed E-state index contributed by atoms with van der Waals surface area (Å²) in [5, 5.41) is 10.4. The normalized spacial score (nSPS) is 10.8. The van der Waals surface area contributed by atoms with Gasteiger partial charge in [0.15, 0.2) is 0 Å². The molecule has 0 aliphatic rings. The Hall–Kier alpha value is -1.06. The van der Waals surface area contributed by atoms with Crippen molar-refractivity contribution in [3.05, 3.63) is 29.0 Å². The summed E-state index contributed by atoms with van der Waals surface area (Å²) in [7, 11) is 0. The summed E-state index contributed by atoms with van der Waals surface area (Å²) < 4.78 is 0. The van der Waals surface area contributed by atoms with Crippen LogP contribution < -0.4 is 0 Å². The van der Waals surface area contributed by atoms with E-state index in [4.69, 9.17) is 16.7 Å². The molecule has 0 amide bonds. The van der Waals surface area contributed by atoms with E-state index in [9.17, 15) is 0 Å². The van der Waals surface area contributed by atoms with Crippen LogP contribution in [0.4, 0.5) is 0 Å². The van der Waals surface area contributed by atoms with Gasteiger partial charge in [-0.05, 0) is 6.07 Å². The first-order chi connectivity index (χ1) is 5.83. The Bertz CT molecular complexity index is 410. The minimum Gasteiger partial charge on any atom is -0.392 e. The predicted molar refractivity (Wildman–Crippen MR) is 47.0 cm³/mol. The molecule has 2 heterocycles. The van der Waals surface area contributed by atoms with Crippen molar-refractivity contribution in [2.24, 2.45) is 0 Å². The van der Waals surface area contributed by atoms with Crippen LogP contribution in [0.3, 0.4) is 0 Å². The summed E-state index contributed by atoms with van der Waals surface area (Å²) >= 11 is 5.82. The lowest BCUT2D eigenvalue weighted by atomic mass is 10.2. The zero-order valence-electron chi connectivity index (χ0n) is 6.21. The van der Waals surface area contributed by atoms with Crippen molar-refractivity contribution in [3.8, 4) is 0 Å². The number of hydrogen-bond acceptors (Lipinski definition) is 2. The number of nitrogens with zero attached hydrogens (tertiary/aromatic N) is 1. The first kappa shape index (κ1) is 7.58. The van der Waals surface area contributed by atoms with Gasteiger partial charge in [0.2, 0.25) is 0 Å². The number of aliphatic hydroxyl groups excluding tert-OH is 1. The Morgan fingerprint density at radius 1 is 1.58 bits per heavy atom. The van der Waals surface area contributed by atoms with Gasteiger partial charge in [0.1, 0.15) is 5.65 Å². The zero-order chi connectivity index (χ0) is 8.55. The molecular formula is C8H7ClN2O. The van der Waals surface area contributed by atoms with Gasteiger partial charge >= 0.3 is 0 Å². The molecule has 0 saturated carbocycles. The van der Waals surface area contributed by atoms with Crippen LogP contribution in [0.1, 0.15) is 5.56 Å². The van der Waals surface area contributed by atoms with E-state index in [0.717, 1.165) is 16.6 Å². The first-order valence-electron chi connectivity index (χ1n) is 3.54. The van der Waals surface area contributed by atoms with E-state index in [1.54, 1.807) is 6.20 Å². The van der Waals surface area contributed by atoms with Gasteiger partial charge < -0.3 is 10.1 Å². The first-order valence-corrected chi connectivity index (χ1v) is 3.92. The van der Waals surface area contributed by atoms with E-state index in [-0.39, 0.29) is 6.61 Å². The molecule has 0 aliphatic heterocycles. The molecule has 0 fully saturated rings. The fraction of sp³-hybridized carbons (Fsp3) is 0.125. The molecule has 4 heteroatoms. The van der Waals surface area contributed by atoms with Gasteiger partial charge in [0.25, 0.3) is 0 Å². The Morgan fingerprint density at radius 3 is 3.17 bits per heavy atom. The van der Waals surface area contributed by atoms with Gasteiger partial charge in [-0.25, -0.2) is 4.98 Å². The fourth-order valence-electron chi connectivity index (χ4n) is 1.20. The van der Waals surface area contributed by atoms with Crippen LogP contribution in [-0.2, 0) is 6.61 Å². The molecule has 0 saturated heterocycles. The average Bonchev–Trinajstić information content (AvgIpc) is 2.52. The molecule has 2 aromatic rings. The molecule has 0 bridgehead atoms. The van der Waals surface area contributed by atoms with Crippen LogP contribution in [0.15, 0.2) is 18.5 Å². The van der Waals surface area contributed by atoms with Crippen LogP contribution in [-0.4, -0.2) is 15.1 Å². The summed E-state index contributed by atoms with van der Waals surface area (Å²) in [6.45, 7) is -0.0598. The average molecular weight is 183 g/mol. The number of H-pyrrole nitrogens is 1. The Kier molecular flexibility index (Phi) is 1.75. The number of nitrogens with one attached hydrogen (secondary N) is 1. The quantitative estimate of drug-likeness (QED) is 0.706. The summed E-state index contributed by atoms with van der Waals surface area (Å²) in [6.07, 6.45) is 3.30. The van der Waals surface area contributed by atoms with E-state index >= 15 is 0 Å². The zero-order valence-corrected chi connectivity index (χ0v) is 6.97. The summed E-state index contributed by atoms with van der Waals surface area (Å²) in [4.78, 5) is 6.99. The molecule has 2 rings (SSSR count). The number of aromatic amines is 1. The van der Waals surface area contributed by atoms with Crippen LogP contribution >= 0.6 is 11.6 Å². The molecule has 62 valence electrons. The van der Waals surface area contributed by atoms with Crippen LogP contribution in [0.5, 0.6) is 0 Å². The number of fused-ring (bicyclic) bond motifs is 1. The van der Waals surface area contributed by atoms with Crippen molar-refractivity contribution in [1.82, 2.24) is 9.97 Å². The molecule has 3 nitrogen and oxygen atoms in total. The summed E-state index contributed by atoms with van der Waals surface area (Å²) in [6, 6.07) is 1.85. The van der Waals surface area contributed by atoms with Crippen molar-refractivity contribution < 1.29 is 5.11 Å². The maximum atomic E-state index is 9.01. The molecule has 2 aromatic heterocycles. The van der Waals surface area contributed by atoms with Crippen molar-refractivity contribution in [2.45, 2.75) is 6.61 Å². The van der Waals surface area contributed by atoms with Crippen LogP contribution in [0.2, 0.25) is 5.02 Å². The van der Waals surface area contributed by atoms with E-state index < -0.39 is 0 Å². The minimum absolute atomic E-state index is 0.0598. The molecule has 0 aromatic carbocycles. The molecule has 0 spiro atoms. The Balaban J connectivity index is 2.83. The fourth-order valence-corrected chi connectivity index (χ4v) is 1.41. The summed E-state index contributed by atoms with van der Waals surface area (Å²) in [5.41, 5.74) is 1.48. The second-order valence-corrected chi connectivity index (χ2v) is 2.89. The molecule has 0 atom stereocenters. The topological polar surface area (TPSA) is 48.9 Å². The number of rotatable bonds is 1. The van der Waals surface area contributed by atoms with E-state index in [1.165, 1.54) is 6.20 Å². The van der Waals surface area contributed by atoms with Gasteiger partial charge in [0.05, 0.1) is 11.6 Å². The van der Waals surface area contributed by atoms with Crippen molar-refractivity contribution in [1.29, 1.82) is 0 Å². The second-order valence-electron chi connectivity index (χ2n) is 2.48. The highest BCUT2D eigenvalue weighted by Gasteiger charge is 2.05. The molecule has 0 radical (unpaired) electrons. The Morgan fingerprint density at radius 2 is 2.42 bits per heavy atom. The van der Waals surface area contributed by atoms with E-state index in [2.05, 4.69) is 9.97 Å². The number of pyridine rings is 1. The lowest BCUT2D eigenvalue weighted by molar-refractivity contribution is 0.283. The minimum atomic E-state index is -0.0598. The van der Waals surface area contributed by atoms with Crippen molar-refractivity contribution >= 4 is 22.6 Å². The monoisotopic (exact) mass is 182 g/mol. The van der Waals surface area contributed by atoms with Crippen LogP contribution in [0.25, 0.3) is 11.0 Å². The number of aromatic nitrogens is 2. The number of halogens is 1. The van der Waals surface area contributed by atoms with Gasteiger partial charge in [-0.3, -0.25) is 0 Å². The van der Waals surface area contributed by atoms with Crippen molar-refractivity contribution in [3.63, 3.8) is 0 Å². The maximum Gasteiger partial charge on any atom is 0.137 e. The molecule has 2 N–H and O–H groups in total. The molecule has 12 heavy (non-hydrogen) atoms. The van der Waals surface area contributed by atoms with Crippen LogP contribution in [0, 0.1) is 0 Å². The SMILES string of the molecule is OCc1c(Cl)cnc2[nH]ccc12. The third kappa shape index (κ3) is 0.983. The second kappa shape index (κ2) is 2.77.